The summed E-state index contributed by atoms with van der Waals surface area (Å²) in [5.41, 5.74) is 15.2. The van der Waals surface area contributed by atoms with Gasteiger partial charge in [0.15, 0.2) is 0 Å². The summed E-state index contributed by atoms with van der Waals surface area (Å²) in [7, 11) is 0. The zero-order valence-corrected chi connectivity index (χ0v) is 27.3. The van der Waals surface area contributed by atoms with E-state index in [1.807, 2.05) is 12.3 Å². The number of benzene rings is 3. The minimum atomic E-state index is -0.196. The standard InChI is InChI=1S/C38H47N3O/c1-35(2,3)24-18-19-40-34(20-24)41-31-15-13-12-14-26(31)38(10,11)27-17-16-25(21-32(27)41)42-33-23-30(39)28(36(4,5)6)22-29(33)37(7,8)9/h12-23H,39H2,1-11H3. The summed E-state index contributed by atoms with van der Waals surface area (Å²) in [6, 6.07) is 23.7. The molecule has 0 amide bonds. The van der Waals surface area contributed by atoms with Gasteiger partial charge in [-0.3, -0.25) is 4.90 Å². The van der Waals surface area contributed by atoms with Crippen LogP contribution in [0.15, 0.2) is 72.9 Å². The summed E-state index contributed by atoms with van der Waals surface area (Å²) in [6.07, 6.45) is 1.92. The fourth-order valence-electron chi connectivity index (χ4n) is 6.06. The average molecular weight is 562 g/mol. The van der Waals surface area contributed by atoms with Crippen LogP contribution >= 0.6 is 0 Å². The number of fused-ring (bicyclic) bond motifs is 2. The van der Waals surface area contributed by atoms with Gasteiger partial charge < -0.3 is 10.5 Å². The summed E-state index contributed by atoms with van der Waals surface area (Å²) in [4.78, 5) is 7.19. The van der Waals surface area contributed by atoms with E-state index >= 15 is 0 Å². The third kappa shape index (κ3) is 5.28. The number of hydrogen-bond donors (Lipinski definition) is 1. The lowest BCUT2D eigenvalue weighted by molar-refractivity contribution is 0.453. The van der Waals surface area contributed by atoms with Crippen LogP contribution in [0.5, 0.6) is 11.5 Å². The van der Waals surface area contributed by atoms with E-state index in [4.69, 9.17) is 15.5 Å². The molecule has 0 fully saturated rings. The highest BCUT2D eigenvalue weighted by Gasteiger charge is 2.38. The molecule has 5 rings (SSSR count). The normalized spacial score (nSPS) is 14.8. The molecule has 0 spiro atoms. The molecule has 42 heavy (non-hydrogen) atoms. The average Bonchev–Trinajstić information content (AvgIpc) is 2.87. The third-order valence-corrected chi connectivity index (χ3v) is 8.54. The van der Waals surface area contributed by atoms with Crippen molar-refractivity contribution in [2.75, 3.05) is 10.6 Å². The molecular weight excluding hydrogens is 514 g/mol. The van der Waals surface area contributed by atoms with E-state index in [-0.39, 0.29) is 21.7 Å². The maximum atomic E-state index is 6.74. The van der Waals surface area contributed by atoms with Crippen LogP contribution in [0.1, 0.15) is 104 Å². The highest BCUT2D eigenvalue weighted by Crippen LogP contribution is 2.53. The molecule has 4 heteroatoms. The van der Waals surface area contributed by atoms with Crippen LogP contribution in [-0.2, 0) is 21.7 Å². The summed E-state index contributed by atoms with van der Waals surface area (Å²) in [5, 5.41) is 0. The first-order chi connectivity index (χ1) is 19.4. The third-order valence-electron chi connectivity index (χ3n) is 8.54. The predicted octanol–water partition coefficient (Wildman–Crippen LogP) is 10.5. The maximum Gasteiger partial charge on any atom is 0.137 e. The highest BCUT2D eigenvalue weighted by atomic mass is 16.5. The number of aromatic nitrogens is 1. The minimum absolute atomic E-state index is 0.00254. The first-order valence-electron chi connectivity index (χ1n) is 15.0. The molecule has 2 N–H and O–H groups in total. The zero-order chi connectivity index (χ0) is 30.8. The van der Waals surface area contributed by atoms with Crippen molar-refractivity contribution >= 4 is 22.9 Å². The molecule has 0 saturated heterocycles. The van der Waals surface area contributed by atoms with E-state index in [0.717, 1.165) is 45.5 Å². The van der Waals surface area contributed by atoms with Crippen LogP contribution in [-0.4, -0.2) is 4.98 Å². The highest BCUT2D eigenvalue weighted by molar-refractivity contribution is 5.85. The van der Waals surface area contributed by atoms with Gasteiger partial charge in [0.2, 0.25) is 0 Å². The van der Waals surface area contributed by atoms with Crippen molar-refractivity contribution in [2.45, 2.75) is 97.8 Å². The lowest BCUT2D eigenvalue weighted by atomic mass is 9.73. The molecule has 1 aliphatic heterocycles. The molecule has 0 aliphatic carbocycles. The molecule has 0 atom stereocenters. The summed E-state index contributed by atoms with van der Waals surface area (Å²) < 4.78 is 6.74. The first-order valence-corrected chi connectivity index (χ1v) is 15.0. The predicted molar refractivity (Wildman–Crippen MR) is 178 cm³/mol. The van der Waals surface area contributed by atoms with E-state index in [2.05, 4.69) is 142 Å². The molecule has 2 heterocycles. The molecule has 0 radical (unpaired) electrons. The van der Waals surface area contributed by atoms with Gasteiger partial charge in [0.1, 0.15) is 17.3 Å². The van der Waals surface area contributed by atoms with Crippen molar-refractivity contribution in [3.8, 4) is 11.5 Å². The molecule has 4 nitrogen and oxygen atoms in total. The van der Waals surface area contributed by atoms with Crippen LogP contribution in [0.2, 0.25) is 0 Å². The van der Waals surface area contributed by atoms with E-state index in [1.54, 1.807) is 0 Å². The Morgan fingerprint density at radius 2 is 1.33 bits per heavy atom. The number of pyridine rings is 1. The zero-order valence-electron chi connectivity index (χ0n) is 27.3. The second-order valence-electron chi connectivity index (χ2n) is 15.3. The molecule has 1 aromatic heterocycles. The lowest BCUT2D eigenvalue weighted by Gasteiger charge is -2.41. The Balaban J connectivity index is 1.69. The number of nitrogens with two attached hydrogens (primary N) is 1. The van der Waals surface area contributed by atoms with E-state index in [0.29, 0.717) is 0 Å². The molecule has 0 unspecified atom stereocenters. The summed E-state index contributed by atoms with van der Waals surface area (Å²) in [6.45, 7) is 24.6. The Morgan fingerprint density at radius 1 is 0.690 bits per heavy atom. The SMILES string of the molecule is CC(C)(C)c1ccnc(N2c3ccccc3C(C)(C)c3ccc(Oc4cc(N)c(C(C)(C)C)cc4C(C)(C)C)cc32)c1. The van der Waals surface area contributed by atoms with Crippen LogP contribution in [0.3, 0.4) is 0 Å². The molecular formula is C38H47N3O. The number of para-hydroxylation sites is 1. The topological polar surface area (TPSA) is 51.4 Å². The van der Waals surface area contributed by atoms with Crippen molar-refractivity contribution in [2.24, 2.45) is 0 Å². The van der Waals surface area contributed by atoms with Gasteiger partial charge in [-0.05, 0) is 68.8 Å². The minimum Gasteiger partial charge on any atom is -0.457 e. The fourth-order valence-corrected chi connectivity index (χ4v) is 6.06. The lowest BCUT2D eigenvalue weighted by Crippen LogP contribution is -2.31. The molecule has 220 valence electrons. The second-order valence-corrected chi connectivity index (χ2v) is 15.3. The number of anilines is 4. The van der Waals surface area contributed by atoms with Gasteiger partial charge in [-0.1, -0.05) is 100 Å². The largest absolute Gasteiger partial charge is 0.457 e. The van der Waals surface area contributed by atoms with Crippen LogP contribution in [0, 0.1) is 0 Å². The monoisotopic (exact) mass is 561 g/mol. The Hall–Kier alpha value is -3.79. The van der Waals surface area contributed by atoms with E-state index in [1.165, 1.54) is 16.7 Å². The Labute approximate surface area is 253 Å². The second kappa shape index (κ2) is 9.90. The number of rotatable bonds is 3. The van der Waals surface area contributed by atoms with Crippen LogP contribution < -0.4 is 15.4 Å². The molecule has 0 bridgehead atoms. The van der Waals surface area contributed by atoms with Crippen LogP contribution in [0.4, 0.5) is 22.9 Å². The van der Waals surface area contributed by atoms with Crippen molar-refractivity contribution in [3.05, 3.63) is 101 Å². The van der Waals surface area contributed by atoms with Gasteiger partial charge in [0, 0.05) is 35.0 Å². The fraction of sp³-hybridized carbons (Fsp3) is 0.395. The van der Waals surface area contributed by atoms with Gasteiger partial charge in [0.25, 0.3) is 0 Å². The van der Waals surface area contributed by atoms with E-state index < -0.39 is 0 Å². The first kappa shape index (κ1) is 29.7. The van der Waals surface area contributed by atoms with Crippen LogP contribution in [0.25, 0.3) is 0 Å². The van der Waals surface area contributed by atoms with Crippen molar-refractivity contribution in [3.63, 3.8) is 0 Å². The molecule has 1 aliphatic rings. The number of nitrogens with zero attached hydrogens (tertiary/aromatic N) is 2. The number of hydrogen-bond acceptors (Lipinski definition) is 4. The quantitative estimate of drug-likeness (QED) is 0.253. The maximum absolute atomic E-state index is 6.74. The van der Waals surface area contributed by atoms with Gasteiger partial charge in [-0.2, -0.15) is 0 Å². The smallest absolute Gasteiger partial charge is 0.137 e. The Morgan fingerprint density at radius 3 is 1.98 bits per heavy atom. The van der Waals surface area contributed by atoms with Gasteiger partial charge in [-0.15, -0.1) is 0 Å². The molecule has 4 aromatic rings. The Kier molecular flexibility index (Phi) is 7.00. The van der Waals surface area contributed by atoms with Gasteiger partial charge >= 0.3 is 0 Å². The number of nitrogen functional groups attached to an aromatic ring is 1. The van der Waals surface area contributed by atoms with Crippen molar-refractivity contribution in [1.82, 2.24) is 4.98 Å². The molecule has 0 saturated carbocycles. The van der Waals surface area contributed by atoms with Gasteiger partial charge in [-0.25, -0.2) is 4.98 Å². The summed E-state index contributed by atoms with van der Waals surface area (Å²) in [5.74, 6) is 2.47. The van der Waals surface area contributed by atoms with Crippen molar-refractivity contribution in [1.29, 1.82) is 0 Å². The number of ether oxygens (including phenoxy) is 1. The molecule has 3 aromatic carbocycles. The van der Waals surface area contributed by atoms with Crippen molar-refractivity contribution < 1.29 is 4.74 Å². The van der Waals surface area contributed by atoms with Gasteiger partial charge in [0.05, 0.1) is 11.4 Å². The van der Waals surface area contributed by atoms with E-state index in [9.17, 15) is 0 Å². The Bertz CT molecular complexity index is 1640. The summed E-state index contributed by atoms with van der Waals surface area (Å²) >= 11 is 0.